The average molecular weight is 422 g/mol. The Morgan fingerprint density at radius 1 is 1.13 bits per heavy atom. The molecule has 4 aliphatic carbocycles. The number of carbonyl (C=O) groups is 1. The van der Waals surface area contributed by atoms with Gasteiger partial charge in [0.25, 0.3) is 0 Å². The first kappa shape index (κ1) is 14.1. The summed E-state index contributed by atoms with van der Waals surface area (Å²) in [6, 6.07) is 7.81. The van der Waals surface area contributed by atoms with Crippen LogP contribution in [0.4, 0.5) is 0 Å². The first-order valence-corrected chi connectivity index (χ1v) is 11.4. The van der Waals surface area contributed by atoms with Gasteiger partial charge in [-0.15, -0.1) is 0 Å². The van der Waals surface area contributed by atoms with E-state index in [0.29, 0.717) is 0 Å². The molecule has 1 amide bonds. The van der Waals surface area contributed by atoms with Crippen LogP contribution in [0.5, 0.6) is 0 Å². The molecule has 4 fully saturated rings. The third-order valence-electron chi connectivity index (χ3n) is 6.15. The Bertz CT molecular complexity index is 707. The van der Waals surface area contributed by atoms with E-state index in [1.54, 1.807) is 0 Å². The van der Waals surface area contributed by atoms with Gasteiger partial charge in [0.2, 0.25) is 0 Å². The summed E-state index contributed by atoms with van der Waals surface area (Å²) in [7, 11) is 0. The monoisotopic (exact) mass is 422 g/mol. The molecule has 6 rings (SSSR count). The number of amides is 1. The van der Waals surface area contributed by atoms with Gasteiger partial charge >= 0.3 is 143 Å². The number of nitrogens with zero attached hydrogens (tertiary/aromatic N) is 4. The maximum absolute atomic E-state index is 13.2. The van der Waals surface area contributed by atoms with Gasteiger partial charge in [-0.1, -0.05) is 0 Å². The second kappa shape index (κ2) is 4.86. The van der Waals surface area contributed by atoms with Crippen LogP contribution in [-0.2, 0) is 0 Å². The van der Waals surface area contributed by atoms with Crippen LogP contribution in [0.2, 0.25) is 0 Å². The van der Waals surface area contributed by atoms with Crippen LogP contribution < -0.4 is 0 Å². The third kappa shape index (κ3) is 1.91. The predicted molar refractivity (Wildman–Crippen MR) is 95.4 cm³/mol. The van der Waals surface area contributed by atoms with Crippen molar-refractivity contribution in [3.8, 4) is 0 Å². The van der Waals surface area contributed by atoms with Crippen molar-refractivity contribution in [1.82, 2.24) is 3.11 Å². The second-order valence-electron chi connectivity index (χ2n) is 7.62. The molecule has 5 nitrogen and oxygen atoms in total. The Morgan fingerprint density at radius 2 is 1.74 bits per heavy atom. The minimum atomic E-state index is -2.33. The molecule has 0 aromatic heterocycles. The number of azide groups is 1. The molecular weight excluding hydrogens is 403 g/mol. The molecule has 0 atom stereocenters. The fourth-order valence-corrected chi connectivity index (χ4v) is 10.7. The maximum atomic E-state index is 13.2. The van der Waals surface area contributed by atoms with Crippen molar-refractivity contribution < 1.29 is 4.79 Å². The van der Waals surface area contributed by atoms with Crippen LogP contribution in [0.25, 0.3) is 10.4 Å². The van der Waals surface area contributed by atoms with E-state index < -0.39 is 20.4 Å². The summed E-state index contributed by atoms with van der Waals surface area (Å²) in [5.74, 6) is 2.48. The average Bonchev–Trinajstić information content (AvgIpc) is 2.80. The van der Waals surface area contributed by atoms with Gasteiger partial charge in [-0.3, -0.25) is 0 Å². The van der Waals surface area contributed by atoms with Crippen molar-refractivity contribution in [3.63, 3.8) is 0 Å². The van der Waals surface area contributed by atoms with Crippen molar-refractivity contribution in [1.29, 1.82) is 0 Å². The van der Waals surface area contributed by atoms with E-state index in [1.165, 1.54) is 19.3 Å². The van der Waals surface area contributed by atoms with Gasteiger partial charge in [0.05, 0.1) is 0 Å². The van der Waals surface area contributed by atoms with E-state index >= 15 is 0 Å². The summed E-state index contributed by atoms with van der Waals surface area (Å²) < 4.78 is 7.36. The van der Waals surface area contributed by atoms with Crippen LogP contribution in [0.15, 0.2) is 27.6 Å². The normalized spacial score (nSPS) is 38.6. The van der Waals surface area contributed by atoms with Crippen molar-refractivity contribution in [2.24, 2.45) is 21.1 Å². The minimum absolute atomic E-state index is 0.0100. The number of hydrogen-bond acceptors (Lipinski definition) is 2. The molecule has 0 N–H and O–H groups in total. The molecule has 5 aliphatic rings. The molecular formula is C17H19IN4O. The SMILES string of the molecule is [N-]=[N+]=NI1c2ccccc2C(=O)N1C12CC3CC(CC(C3)C1)C2. The number of carbonyl (C=O) groups excluding carboxylic acids is 1. The van der Waals surface area contributed by atoms with Crippen LogP contribution >= 0.6 is 20.4 Å². The molecule has 1 aliphatic heterocycles. The predicted octanol–water partition coefficient (Wildman–Crippen LogP) is 4.93. The summed E-state index contributed by atoms with van der Waals surface area (Å²) in [6.45, 7) is 0. The Hall–Kier alpha value is -1.27. The Balaban J connectivity index is 1.62. The van der Waals surface area contributed by atoms with Crippen molar-refractivity contribution in [2.75, 3.05) is 0 Å². The summed E-state index contributed by atoms with van der Waals surface area (Å²) in [5, 5.41) is 0. The van der Waals surface area contributed by atoms with Gasteiger partial charge in [0.1, 0.15) is 0 Å². The Morgan fingerprint density at radius 3 is 2.35 bits per heavy atom. The first-order valence-electron chi connectivity index (χ1n) is 8.39. The van der Waals surface area contributed by atoms with E-state index in [9.17, 15) is 4.79 Å². The summed E-state index contributed by atoms with van der Waals surface area (Å²) in [6.07, 6.45) is 7.45. The second-order valence-corrected chi connectivity index (χ2v) is 11.6. The van der Waals surface area contributed by atoms with E-state index in [2.05, 4.69) is 11.4 Å². The fraction of sp³-hybridized carbons (Fsp3) is 0.588. The number of halogens is 1. The van der Waals surface area contributed by atoms with Crippen LogP contribution in [0.3, 0.4) is 0 Å². The molecule has 6 heteroatoms. The molecule has 1 heterocycles. The Labute approximate surface area is 143 Å². The summed E-state index contributed by atoms with van der Waals surface area (Å²) in [5.41, 5.74) is 9.88. The topological polar surface area (TPSA) is 69.1 Å². The molecule has 4 bridgehead atoms. The standard InChI is InChI=1S/C17H19IN4O/c19-21-20-18-15-4-2-1-3-14(15)16(23)22(18)17-8-11-5-12(9-17)7-13(6-11)10-17/h1-4,11-13H,5-10H2. The molecule has 120 valence electrons. The zero-order valence-corrected chi connectivity index (χ0v) is 15.0. The van der Waals surface area contributed by atoms with E-state index in [0.717, 1.165) is 46.1 Å². The molecule has 0 unspecified atom stereocenters. The van der Waals surface area contributed by atoms with Gasteiger partial charge < -0.3 is 0 Å². The van der Waals surface area contributed by atoms with Gasteiger partial charge in [0.15, 0.2) is 0 Å². The molecule has 0 spiro atoms. The molecule has 23 heavy (non-hydrogen) atoms. The number of benzene rings is 1. The van der Waals surface area contributed by atoms with Crippen molar-refractivity contribution in [2.45, 2.75) is 44.1 Å². The van der Waals surface area contributed by atoms with Gasteiger partial charge in [-0.05, 0) is 0 Å². The van der Waals surface area contributed by atoms with Gasteiger partial charge in [0, 0.05) is 0 Å². The van der Waals surface area contributed by atoms with E-state index in [-0.39, 0.29) is 11.4 Å². The van der Waals surface area contributed by atoms with Crippen LogP contribution in [0.1, 0.15) is 48.9 Å². The quantitative estimate of drug-likeness (QED) is 0.219. The number of rotatable bonds is 2. The zero-order valence-electron chi connectivity index (χ0n) is 12.9. The van der Waals surface area contributed by atoms with Crippen molar-refractivity contribution in [3.05, 3.63) is 43.8 Å². The van der Waals surface area contributed by atoms with Crippen LogP contribution in [0, 0.1) is 21.3 Å². The van der Waals surface area contributed by atoms with Crippen molar-refractivity contribution >= 4 is 26.3 Å². The first-order chi connectivity index (χ1) is 11.2. The van der Waals surface area contributed by atoms with Gasteiger partial charge in [-0.25, -0.2) is 0 Å². The molecule has 0 saturated heterocycles. The van der Waals surface area contributed by atoms with E-state index in [1.807, 2.05) is 24.3 Å². The van der Waals surface area contributed by atoms with Gasteiger partial charge in [-0.2, -0.15) is 0 Å². The third-order valence-corrected chi connectivity index (χ3v) is 11.1. The Kier molecular flexibility index (Phi) is 2.98. The fourth-order valence-electron chi connectivity index (χ4n) is 5.85. The molecule has 0 radical (unpaired) electrons. The summed E-state index contributed by atoms with van der Waals surface area (Å²) in [4.78, 5) is 16.3. The molecule has 4 saturated carbocycles. The zero-order chi connectivity index (χ0) is 15.6. The summed E-state index contributed by atoms with van der Waals surface area (Å²) >= 11 is -2.33. The number of fused-ring (bicyclic) bond motifs is 1. The van der Waals surface area contributed by atoms with E-state index in [4.69, 9.17) is 5.53 Å². The number of hydrogen-bond donors (Lipinski definition) is 0. The molecule has 1 aromatic carbocycles. The van der Waals surface area contributed by atoms with Crippen LogP contribution in [-0.4, -0.2) is 14.6 Å². The molecule has 1 aromatic rings.